The molecule has 1 heterocycles. The van der Waals surface area contributed by atoms with Crippen molar-refractivity contribution in [2.75, 3.05) is 12.8 Å². The maximum absolute atomic E-state index is 12.5. The number of sulfonamides is 1. The molecule has 0 saturated heterocycles. The molecule has 7 nitrogen and oxygen atoms in total. The first-order valence-electron chi connectivity index (χ1n) is 6.02. The highest BCUT2D eigenvalue weighted by molar-refractivity contribution is 7.89. The molecule has 0 bridgehead atoms. The van der Waals surface area contributed by atoms with Crippen LogP contribution in [0.3, 0.4) is 0 Å². The molecule has 110 valence electrons. The molecule has 2 N–H and O–H groups in total. The molecular weight excluding hydrogens is 292 g/mol. The van der Waals surface area contributed by atoms with Gasteiger partial charge in [0.1, 0.15) is 16.7 Å². The Morgan fingerprint density at radius 2 is 2.14 bits per heavy atom. The SMILES string of the molecule is Cc1cc(CN(C)S(=O)(=O)c2ccc(N)cc2C#N)no1. The summed E-state index contributed by atoms with van der Waals surface area (Å²) in [6.45, 7) is 1.77. The second kappa shape index (κ2) is 5.55. The molecule has 0 aliphatic carbocycles. The average Bonchev–Trinajstić information content (AvgIpc) is 2.83. The Morgan fingerprint density at radius 3 is 2.71 bits per heavy atom. The maximum atomic E-state index is 12.5. The van der Waals surface area contributed by atoms with Crippen LogP contribution in [-0.2, 0) is 16.6 Å². The largest absolute Gasteiger partial charge is 0.399 e. The number of hydrogen-bond acceptors (Lipinski definition) is 6. The van der Waals surface area contributed by atoms with Crippen LogP contribution in [0.25, 0.3) is 0 Å². The predicted molar refractivity (Wildman–Crippen MR) is 75.5 cm³/mol. The zero-order valence-corrected chi connectivity index (χ0v) is 12.4. The van der Waals surface area contributed by atoms with Gasteiger partial charge in [0, 0.05) is 18.8 Å². The molecule has 8 heteroatoms. The molecule has 0 spiro atoms. The van der Waals surface area contributed by atoms with Gasteiger partial charge in [-0.2, -0.15) is 9.57 Å². The number of nitrogens with zero attached hydrogens (tertiary/aromatic N) is 3. The van der Waals surface area contributed by atoms with Crippen molar-refractivity contribution in [3.63, 3.8) is 0 Å². The highest BCUT2D eigenvalue weighted by Crippen LogP contribution is 2.22. The van der Waals surface area contributed by atoms with E-state index in [2.05, 4.69) is 5.16 Å². The van der Waals surface area contributed by atoms with Gasteiger partial charge in [-0.3, -0.25) is 0 Å². The van der Waals surface area contributed by atoms with Crippen LogP contribution >= 0.6 is 0 Å². The average molecular weight is 306 g/mol. The minimum atomic E-state index is -3.81. The van der Waals surface area contributed by atoms with E-state index in [9.17, 15) is 8.42 Å². The van der Waals surface area contributed by atoms with Crippen LogP contribution in [0.1, 0.15) is 17.0 Å². The van der Waals surface area contributed by atoms with E-state index in [4.69, 9.17) is 15.5 Å². The molecule has 0 atom stereocenters. The van der Waals surface area contributed by atoms with Gasteiger partial charge in [0.25, 0.3) is 0 Å². The van der Waals surface area contributed by atoms with E-state index in [1.807, 2.05) is 6.07 Å². The van der Waals surface area contributed by atoms with Crippen LogP contribution in [0.4, 0.5) is 5.69 Å². The lowest BCUT2D eigenvalue weighted by molar-refractivity contribution is 0.378. The monoisotopic (exact) mass is 306 g/mol. The molecular formula is C13H14N4O3S. The van der Waals surface area contributed by atoms with E-state index in [1.165, 1.54) is 25.2 Å². The van der Waals surface area contributed by atoms with E-state index in [0.29, 0.717) is 17.1 Å². The summed E-state index contributed by atoms with van der Waals surface area (Å²) in [4.78, 5) is -0.0816. The Bertz CT molecular complexity index is 805. The summed E-state index contributed by atoms with van der Waals surface area (Å²) in [5.74, 6) is 0.598. The zero-order chi connectivity index (χ0) is 15.6. The summed E-state index contributed by atoms with van der Waals surface area (Å²) in [6.07, 6.45) is 0. The van der Waals surface area contributed by atoms with Gasteiger partial charge in [0.15, 0.2) is 0 Å². The lowest BCUT2D eigenvalue weighted by Gasteiger charge is -2.16. The van der Waals surface area contributed by atoms with Gasteiger partial charge in [-0.15, -0.1) is 0 Å². The fraction of sp³-hybridized carbons (Fsp3) is 0.231. The summed E-state index contributed by atoms with van der Waals surface area (Å²) in [7, 11) is -2.40. The lowest BCUT2D eigenvalue weighted by atomic mass is 10.2. The minimum Gasteiger partial charge on any atom is -0.399 e. The van der Waals surface area contributed by atoms with Crippen molar-refractivity contribution in [1.29, 1.82) is 5.26 Å². The first-order valence-corrected chi connectivity index (χ1v) is 7.47. The van der Waals surface area contributed by atoms with Crippen molar-refractivity contribution in [3.05, 3.63) is 41.3 Å². The molecule has 0 saturated carbocycles. The van der Waals surface area contributed by atoms with Gasteiger partial charge in [-0.05, 0) is 25.1 Å². The summed E-state index contributed by atoms with van der Waals surface area (Å²) >= 11 is 0. The predicted octanol–water partition coefficient (Wildman–Crippen LogP) is 1.26. The van der Waals surface area contributed by atoms with Crippen molar-refractivity contribution >= 4 is 15.7 Å². The van der Waals surface area contributed by atoms with Gasteiger partial charge in [0.2, 0.25) is 10.0 Å². The highest BCUT2D eigenvalue weighted by Gasteiger charge is 2.25. The summed E-state index contributed by atoms with van der Waals surface area (Å²) < 4.78 is 31.0. The number of nitrogen functional groups attached to an aromatic ring is 1. The summed E-state index contributed by atoms with van der Waals surface area (Å²) in [5, 5.41) is 12.8. The van der Waals surface area contributed by atoms with Crippen molar-refractivity contribution in [1.82, 2.24) is 9.46 Å². The Labute approximate surface area is 122 Å². The van der Waals surface area contributed by atoms with E-state index >= 15 is 0 Å². The van der Waals surface area contributed by atoms with Crippen LogP contribution in [0, 0.1) is 18.3 Å². The van der Waals surface area contributed by atoms with Gasteiger partial charge in [0.05, 0.1) is 17.8 Å². The number of aromatic nitrogens is 1. The van der Waals surface area contributed by atoms with E-state index < -0.39 is 10.0 Å². The number of aryl methyl sites for hydroxylation is 1. The van der Waals surface area contributed by atoms with Gasteiger partial charge in [-0.1, -0.05) is 5.16 Å². The first-order chi connectivity index (χ1) is 9.84. The number of hydrogen-bond donors (Lipinski definition) is 1. The maximum Gasteiger partial charge on any atom is 0.244 e. The van der Waals surface area contributed by atoms with Gasteiger partial charge in [-0.25, -0.2) is 8.42 Å². The molecule has 1 aromatic carbocycles. The van der Waals surface area contributed by atoms with Crippen molar-refractivity contribution in [2.24, 2.45) is 0 Å². The number of nitrogens with two attached hydrogens (primary N) is 1. The number of nitriles is 1. The topological polar surface area (TPSA) is 113 Å². The van der Waals surface area contributed by atoms with Crippen LogP contribution in [-0.4, -0.2) is 24.9 Å². The number of rotatable bonds is 4. The number of anilines is 1. The van der Waals surface area contributed by atoms with Gasteiger partial charge >= 0.3 is 0 Å². The third-order valence-corrected chi connectivity index (χ3v) is 4.74. The standard InChI is InChI=1S/C13H14N4O3S/c1-9-5-12(16-20-9)8-17(2)21(18,19)13-4-3-11(15)6-10(13)7-14/h3-6H,8,15H2,1-2H3. The van der Waals surface area contributed by atoms with Crippen LogP contribution in [0.15, 0.2) is 33.7 Å². The molecule has 0 amide bonds. The molecule has 0 fully saturated rings. The lowest BCUT2D eigenvalue weighted by Crippen LogP contribution is -2.27. The molecule has 2 rings (SSSR count). The Morgan fingerprint density at radius 1 is 1.43 bits per heavy atom. The van der Waals surface area contributed by atoms with Gasteiger partial charge < -0.3 is 10.3 Å². The highest BCUT2D eigenvalue weighted by atomic mass is 32.2. The summed E-state index contributed by atoms with van der Waals surface area (Å²) in [5.41, 5.74) is 6.41. The zero-order valence-electron chi connectivity index (χ0n) is 11.6. The van der Waals surface area contributed by atoms with Crippen molar-refractivity contribution in [3.8, 4) is 6.07 Å². The fourth-order valence-electron chi connectivity index (χ4n) is 1.83. The van der Waals surface area contributed by atoms with Crippen molar-refractivity contribution < 1.29 is 12.9 Å². The van der Waals surface area contributed by atoms with Crippen LogP contribution in [0.5, 0.6) is 0 Å². The minimum absolute atomic E-state index is 0.0122. The normalized spacial score (nSPS) is 11.5. The third kappa shape index (κ3) is 3.04. The number of benzene rings is 1. The van der Waals surface area contributed by atoms with E-state index in [1.54, 1.807) is 13.0 Å². The van der Waals surface area contributed by atoms with E-state index in [0.717, 1.165) is 4.31 Å². The second-order valence-corrected chi connectivity index (χ2v) is 6.57. The van der Waals surface area contributed by atoms with Crippen LogP contribution < -0.4 is 5.73 Å². The quantitative estimate of drug-likeness (QED) is 0.851. The Kier molecular flexibility index (Phi) is 3.97. The molecule has 2 aromatic rings. The van der Waals surface area contributed by atoms with Crippen LogP contribution in [0.2, 0.25) is 0 Å². The second-order valence-electron chi connectivity index (χ2n) is 4.56. The van der Waals surface area contributed by atoms with E-state index in [-0.39, 0.29) is 17.0 Å². The Balaban J connectivity index is 2.35. The smallest absolute Gasteiger partial charge is 0.244 e. The Hall–Kier alpha value is -2.37. The molecule has 0 aliphatic rings. The third-order valence-electron chi connectivity index (χ3n) is 2.87. The molecule has 1 aromatic heterocycles. The first kappa shape index (κ1) is 15.0. The molecule has 0 aliphatic heterocycles. The molecule has 0 unspecified atom stereocenters. The summed E-state index contributed by atoms with van der Waals surface area (Å²) in [6, 6.07) is 7.61. The fourth-order valence-corrected chi connectivity index (χ4v) is 3.09. The molecule has 21 heavy (non-hydrogen) atoms. The van der Waals surface area contributed by atoms with Crippen molar-refractivity contribution in [2.45, 2.75) is 18.4 Å². The molecule has 0 radical (unpaired) electrons.